The molecule has 0 saturated carbocycles. The third kappa shape index (κ3) is 4.78. The summed E-state index contributed by atoms with van der Waals surface area (Å²) in [4.78, 5) is 0. The van der Waals surface area contributed by atoms with Gasteiger partial charge in [-0.3, -0.25) is 0 Å². The molecule has 0 atom stereocenters. The standard InChI is InChI=1S/C22H23ClFNO2/c1-22(2,14-26)25-12-19-18-6-4-3-5-15(18)8-10-21(19)27-13-16-7-9-17(24)11-20(16)23/h3-11,25-26H,12-14H2,1-2H3. The minimum atomic E-state index is -0.408. The molecule has 0 fully saturated rings. The van der Waals surface area contributed by atoms with Crippen LogP contribution in [0, 0.1) is 5.82 Å². The van der Waals surface area contributed by atoms with Crippen molar-refractivity contribution < 1.29 is 14.2 Å². The fourth-order valence-electron chi connectivity index (χ4n) is 2.81. The van der Waals surface area contributed by atoms with Gasteiger partial charge in [-0.05, 0) is 42.8 Å². The van der Waals surface area contributed by atoms with Crippen molar-refractivity contribution in [3.8, 4) is 5.75 Å². The molecular weight excluding hydrogens is 365 g/mol. The molecule has 0 aromatic heterocycles. The van der Waals surface area contributed by atoms with E-state index in [0.717, 1.165) is 27.6 Å². The van der Waals surface area contributed by atoms with Gasteiger partial charge < -0.3 is 15.2 Å². The van der Waals surface area contributed by atoms with E-state index < -0.39 is 5.54 Å². The molecule has 27 heavy (non-hydrogen) atoms. The van der Waals surface area contributed by atoms with Crippen LogP contribution in [0.15, 0.2) is 54.6 Å². The summed E-state index contributed by atoms with van der Waals surface area (Å²) < 4.78 is 19.3. The number of aliphatic hydroxyl groups is 1. The van der Waals surface area contributed by atoms with E-state index >= 15 is 0 Å². The summed E-state index contributed by atoms with van der Waals surface area (Å²) in [6.45, 7) is 4.70. The lowest BCUT2D eigenvalue weighted by molar-refractivity contribution is 0.187. The normalized spacial score (nSPS) is 11.7. The highest BCUT2D eigenvalue weighted by Crippen LogP contribution is 2.30. The summed E-state index contributed by atoms with van der Waals surface area (Å²) >= 11 is 6.11. The van der Waals surface area contributed by atoms with E-state index in [2.05, 4.69) is 17.4 Å². The average molecular weight is 388 g/mol. The first-order chi connectivity index (χ1) is 12.9. The number of hydrogen-bond donors (Lipinski definition) is 2. The summed E-state index contributed by atoms with van der Waals surface area (Å²) in [5.74, 6) is 0.362. The van der Waals surface area contributed by atoms with Crippen LogP contribution in [0.3, 0.4) is 0 Å². The second-order valence-corrected chi connectivity index (χ2v) is 7.59. The first-order valence-electron chi connectivity index (χ1n) is 8.83. The molecule has 0 saturated heterocycles. The monoisotopic (exact) mass is 387 g/mol. The number of fused-ring (bicyclic) bond motifs is 1. The van der Waals surface area contributed by atoms with E-state index in [0.29, 0.717) is 11.6 Å². The van der Waals surface area contributed by atoms with Gasteiger partial charge in [0.25, 0.3) is 0 Å². The predicted octanol–water partition coefficient (Wildman–Crippen LogP) is 5.07. The molecule has 0 aliphatic carbocycles. The fourth-order valence-corrected chi connectivity index (χ4v) is 3.03. The van der Waals surface area contributed by atoms with Gasteiger partial charge in [0.1, 0.15) is 18.2 Å². The summed E-state index contributed by atoms with van der Waals surface area (Å²) in [5, 5.41) is 15.4. The smallest absolute Gasteiger partial charge is 0.124 e. The molecule has 3 aromatic rings. The van der Waals surface area contributed by atoms with Crippen molar-refractivity contribution in [3.05, 3.63) is 76.6 Å². The highest BCUT2D eigenvalue weighted by molar-refractivity contribution is 6.31. The molecule has 3 aromatic carbocycles. The Bertz CT molecular complexity index is 943. The lowest BCUT2D eigenvalue weighted by atomic mass is 10.0. The predicted molar refractivity (Wildman–Crippen MR) is 108 cm³/mol. The summed E-state index contributed by atoms with van der Waals surface area (Å²) in [7, 11) is 0. The van der Waals surface area contributed by atoms with Crippen molar-refractivity contribution in [1.29, 1.82) is 0 Å². The summed E-state index contributed by atoms with van der Waals surface area (Å²) in [6, 6.07) is 16.3. The van der Waals surface area contributed by atoms with E-state index in [1.807, 2.05) is 38.1 Å². The van der Waals surface area contributed by atoms with Crippen LogP contribution in [0.25, 0.3) is 10.8 Å². The molecule has 0 unspecified atom stereocenters. The molecule has 5 heteroatoms. The third-order valence-electron chi connectivity index (χ3n) is 4.53. The van der Waals surface area contributed by atoms with Crippen molar-refractivity contribution in [2.45, 2.75) is 32.5 Å². The fraction of sp³-hybridized carbons (Fsp3) is 0.273. The third-order valence-corrected chi connectivity index (χ3v) is 4.89. The molecule has 0 amide bonds. The van der Waals surface area contributed by atoms with Crippen LogP contribution in [-0.2, 0) is 13.2 Å². The van der Waals surface area contributed by atoms with E-state index in [-0.39, 0.29) is 19.0 Å². The molecule has 0 heterocycles. The number of ether oxygens (including phenoxy) is 1. The maximum Gasteiger partial charge on any atom is 0.124 e. The summed E-state index contributed by atoms with van der Waals surface area (Å²) in [6.07, 6.45) is 0. The minimum absolute atomic E-state index is 0.0269. The number of rotatable bonds is 7. The highest BCUT2D eigenvalue weighted by atomic mass is 35.5. The SMILES string of the molecule is CC(C)(CO)NCc1c(OCc2ccc(F)cc2Cl)ccc2ccccc12. The largest absolute Gasteiger partial charge is 0.488 e. The topological polar surface area (TPSA) is 41.5 Å². The molecule has 0 radical (unpaired) electrons. The average Bonchev–Trinajstić information content (AvgIpc) is 2.66. The number of halogens is 2. The summed E-state index contributed by atoms with van der Waals surface area (Å²) in [5.41, 5.74) is 1.32. The van der Waals surface area contributed by atoms with Gasteiger partial charge in [-0.2, -0.15) is 0 Å². The van der Waals surface area contributed by atoms with Crippen LogP contribution in [0.4, 0.5) is 4.39 Å². The molecule has 0 bridgehead atoms. The Morgan fingerprint density at radius 2 is 1.89 bits per heavy atom. The first-order valence-corrected chi connectivity index (χ1v) is 9.21. The van der Waals surface area contributed by atoms with E-state index in [1.165, 1.54) is 12.1 Å². The molecule has 0 spiro atoms. The van der Waals surface area contributed by atoms with Crippen molar-refractivity contribution in [2.75, 3.05) is 6.61 Å². The molecule has 142 valence electrons. The van der Waals surface area contributed by atoms with Crippen LogP contribution in [0.5, 0.6) is 5.75 Å². The first kappa shape index (κ1) is 19.6. The Labute approximate surface area is 163 Å². The zero-order valence-corrected chi connectivity index (χ0v) is 16.2. The quantitative estimate of drug-likeness (QED) is 0.594. The molecule has 0 aliphatic heterocycles. The molecule has 0 aliphatic rings. The van der Waals surface area contributed by atoms with Crippen molar-refractivity contribution >= 4 is 22.4 Å². The van der Waals surface area contributed by atoms with Crippen molar-refractivity contribution in [2.24, 2.45) is 0 Å². The van der Waals surface area contributed by atoms with Gasteiger partial charge in [-0.1, -0.05) is 48.0 Å². The van der Waals surface area contributed by atoms with Crippen LogP contribution < -0.4 is 10.1 Å². The number of nitrogens with one attached hydrogen (secondary N) is 1. The lowest BCUT2D eigenvalue weighted by Gasteiger charge is -2.25. The van der Waals surface area contributed by atoms with Gasteiger partial charge >= 0.3 is 0 Å². The molecule has 3 rings (SSSR count). The maximum absolute atomic E-state index is 13.2. The van der Waals surface area contributed by atoms with Gasteiger partial charge in [-0.25, -0.2) is 4.39 Å². The molecule has 3 nitrogen and oxygen atoms in total. The number of aliphatic hydroxyl groups excluding tert-OH is 1. The van der Waals surface area contributed by atoms with E-state index in [9.17, 15) is 9.50 Å². The number of hydrogen-bond acceptors (Lipinski definition) is 3. The maximum atomic E-state index is 13.2. The Morgan fingerprint density at radius 3 is 2.63 bits per heavy atom. The van der Waals surface area contributed by atoms with E-state index in [1.54, 1.807) is 6.07 Å². The second-order valence-electron chi connectivity index (χ2n) is 7.18. The van der Waals surface area contributed by atoms with Gasteiger partial charge in [0.2, 0.25) is 0 Å². The van der Waals surface area contributed by atoms with Gasteiger partial charge in [-0.15, -0.1) is 0 Å². The van der Waals surface area contributed by atoms with Gasteiger partial charge in [0.15, 0.2) is 0 Å². The van der Waals surface area contributed by atoms with Crippen LogP contribution in [0.1, 0.15) is 25.0 Å². The van der Waals surface area contributed by atoms with E-state index in [4.69, 9.17) is 16.3 Å². The Morgan fingerprint density at radius 1 is 1.11 bits per heavy atom. The minimum Gasteiger partial charge on any atom is -0.488 e. The Hall–Kier alpha value is -2.14. The Balaban J connectivity index is 1.90. The highest BCUT2D eigenvalue weighted by Gasteiger charge is 2.18. The number of benzene rings is 3. The lowest BCUT2D eigenvalue weighted by Crippen LogP contribution is -2.42. The van der Waals surface area contributed by atoms with Crippen molar-refractivity contribution in [1.82, 2.24) is 5.32 Å². The van der Waals surface area contributed by atoms with Crippen LogP contribution >= 0.6 is 11.6 Å². The van der Waals surface area contributed by atoms with Crippen LogP contribution in [0.2, 0.25) is 5.02 Å². The van der Waals surface area contributed by atoms with Crippen LogP contribution in [-0.4, -0.2) is 17.3 Å². The zero-order valence-electron chi connectivity index (χ0n) is 15.4. The molecular formula is C22H23ClFNO2. The molecule has 2 N–H and O–H groups in total. The van der Waals surface area contributed by atoms with Crippen molar-refractivity contribution in [3.63, 3.8) is 0 Å². The van der Waals surface area contributed by atoms with Gasteiger partial charge in [0, 0.05) is 23.2 Å². The zero-order chi connectivity index (χ0) is 19.4. The second kappa shape index (κ2) is 8.26. The van der Waals surface area contributed by atoms with Gasteiger partial charge in [0.05, 0.1) is 11.6 Å². The Kier molecular flexibility index (Phi) is 6.00.